The molecular weight excluding hydrogens is 458 g/mol. The predicted molar refractivity (Wildman–Crippen MR) is 142 cm³/mol. The van der Waals surface area contributed by atoms with Gasteiger partial charge < -0.3 is 21.7 Å². The Bertz CT molecular complexity index is 993. The Morgan fingerprint density at radius 2 is 1.86 bits per heavy atom. The molecule has 1 saturated carbocycles. The third-order valence-electron chi connectivity index (χ3n) is 6.92. The molecule has 0 spiro atoms. The fourth-order valence-electron chi connectivity index (χ4n) is 4.56. The van der Waals surface area contributed by atoms with Crippen LogP contribution in [0.2, 0.25) is 0 Å². The smallest absolute Gasteiger partial charge is 0.329 e. The molecule has 1 aliphatic rings. The van der Waals surface area contributed by atoms with E-state index in [0.717, 1.165) is 51.5 Å². The van der Waals surface area contributed by atoms with Crippen LogP contribution in [0.25, 0.3) is 0 Å². The lowest BCUT2D eigenvalue weighted by atomic mass is 9.82. The molecule has 0 bridgehead atoms. The van der Waals surface area contributed by atoms with Crippen molar-refractivity contribution in [1.82, 2.24) is 15.3 Å². The standard InChI is InChI=1S/C26H39N7O3/c1-19-6-2-3-7-22(19)13-15-28-24(34)8-4-5-14-29-26-31-18-23(33(35)36)25(32-26)30-17-21-11-9-20(16-27)10-12-21/h2-3,6-7,18,20-21H,4-5,8-17,27H2,1H3,(H,28,34)(H2,29,30,31,32). The van der Waals surface area contributed by atoms with Gasteiger partial charge in [-0.25, -0.2) is 4.98 Å². The molecule has 1 aliphatic carbocycles. The fraction of sp³-hybridized carbons (Fsp3) is 0.577. The summed E-state index contributed by atoms with van der Waals surface area (Å²) in [7, 11) is 0. The number of unbranched alkanes of at least 4 members (excludes halogenated alkanes) is 1. The molecule has 0 saturated heterocycles. The molecule has 5 N–H and O–H groups in total. The molecule has 0 unspecified atom stereocenters. The highest BCUT2D eigenvalue weighted by Gasteiger charge is 2.22. The van der Waals surface area contributed by atoms with Gasteiger partial charge in [-0.15, -0.1) is 0 Å². The van der Waals surface area contributed by atoms with Crippen molar-refractivity contribution in [1.29, 1.82) is 0 Å². The molecule has 1 amide bonds. The van der Waals surface area contributed by atoms with E-state index in [-0.39, 0.29) is 17.4 Å². The molecular formula is C26H39N7O3. The quantitative estimate of drug-likeness (QED) is 0.175. The topological polar surface area (TPSA) is 148 Å². The molecule has 1 fully saturated rings. The Hall–Kier alpha value is -3.27. The highest BCUT2D eigenvalue weighted by Crippen LogP contribution is 2.29. The molecule has 10 nitrogen and oxygen atoms in total. The lowest BCUT2D eigenvalue weighted by molar-refractivity contribution is -0.384. The average Bonchev–Trinajstić information content (AvgIpc) is 2.88. The minimum Gasteiger partial charge on any atom is -0.364 e. The number of nitrogens with one attached hydrogen (secondary N) is 3. The Balaban J connectivity index is 1.36. The number of hydrogen-bond acceptors (Lipinski definition) is 8. The normalized spacial score (nSPS) is 17.4. The van der Waals surface area contributed by atoms with Crippen molar-refractivity contribution >= 4 is 23.4 Å². The number of amides is 1. The molecule has 3 rings (SSSR count). The zero-order chi connectivity index (χ0) is 25.8. The average molecular weight is 498 g/mol. The number of carbonyl (C=O) groups is 1. The third-order valence-corrected chi connectivity index (χ3v) is 6.92. The zero-order valence-corrected chi connectivity index (χ0v) is 21.2. The molecule has 0 aliphatic heterocycles. The van der Waals surface area contributed by atoms with Gasteiger partial charge in [-0.3, -0.25) is 14.9 Å². The van der Waals surface area contributed by atoms with Crippen molar-refractivity contribution in [2.45, 2.75) is 58.3 Å². The van der Waals surface area contributed by atoms with Crippen molar-refractivity contribution in [2.24, 2.45) is 17.6 Å². The summed E-state index contributed by atoms with van der Waals surface area (Å²) in [5.41, 5.74) is 8.12. The van der Waals surface area contributed by atoms with Gasteiger partial charge in [0.25, 0.3) is 0 Å². The molecule has 1 aromatic carbocycles. The number of carbonyl (C=O) groups excluding carboxylic acids is 1. The van der Waals surface area contributed by atoms with Crippen molar-refractivity contribution < 1.29 is 9.72 Å². The summed E-state index contributed by atoms with van der Waals surface area (Å²) in [5.74, 6) is 1.68. The van der Waals surface area contributed by atoms with Crippen LogP contribution in [-0.4, -0.2) is 47.0 Å². The molecule has 10 heteroatoms. The van der Waals surface area contributed by atoms with Crippen molar-refractivity contribution in [2.75, 3.05) is 36.8 Å². The Morgan fingerprint density at radius 3 is 2.58 bits per heavy atom. The molecule has 0 atom stereocenters. The Labute approximate surface area is 213 Å². The molecule has 1 aromatic heterocycles. The van der Waals surface area contributed by atoms with E-state index in [9.17, 15) is 14.9 Å². The van der Waals surface area contributed by atoms with Crippen LogP contribution in [-0.2, 0) is 11.2 Å². The number of hydrogen-bond donors (Lipinski definition) is 4. The van der Waals surface area contributed by atoms with Gasteiger partial charge in [0.15, 0.2) is 0 Å². The van der Waals surface area contributed by atoms with Gasteiger partial charge in [0.2, 0.25) is 17.7 Å². The summed E-state index contributed by atoms with van der Waals surface area (Å²) >= 11 is 0. The first-order valence-electron chi connectivity index (χ1n) is 13.0. The van der Waals surface area contributed by atoms with Crippen LogP contribution < -0.4 is 21.7 Å². The van der Waals surface area contributed by atoms with Crippen LogP contribution in [0, 0.1) is 28.9 Å². The lowest BCUT2D eigenvalue weighted by Gasteiger charge is -2.27. The number of aryl methyl sites for hydroxylation is 1. The number of rotatable bonds is 14. The van der Waals surface area contributed by atoms with Gasteiger partial charge in [-0.2, -0.15) is 4.98 Å². The number of nitrogens with two attached hydrogens (primary N) is 1. The van der Waals surface area contributed by atoms with E-state index < -0.39 is 4.92 Å². The second kappa shape index (κ2) is 14.3. The van der Waals surface area contributed by atoms with Gasteiger partial charge in [-0.1, -0.05) is 24.3 Å². The van der Waals surface area contributed by atoms with Crippen LogP contribution in [0.5, 0.6) is 0 Å². The number of benzene rings is 1. The highest BCUT2D eigenvalue weighted by atomic mass is 16.6. The van der Waals surface area contributed by atoms with Crippen LogP contribution >= 0.6 is 0 Å². The first kappa shape index (κ1) is 27.3. The zero-order valence-electron chi connectivity index (χ0n) is 21.2. The van der Waals surface area contributed by atoms with Crippen LogP contribution in [0.4, 0.5) is 17.5 Å². The largest absolute Gasteiger partial charge is 0.364 e. The van der Waals surface area contributed by atoms with E-state index in [2.05, 4.69) is 45.0 Å². The summed E-state index contributed by atoms with van der Waals surface area (Å²) < 4.78 is 0. The Morgan fingerprint density at radius 1 is 1.11 bits per heavy atom. The van der Waals surface area contributed by atoms with Crippen molar-refractivity contribution in [3.05, 3.63) is 51.7 Å². The summed E-state index contributed by atoms with van der Waals surface area (Å²) in [4.78, 5) is 31.5. The van der Waals surface area contributed by atoms with Gasteiger partial charge >= 0.3 is 5.69 Å². The fourth-order valence-corrected chi connectivity index (χ4v) is 4.56. The summed E-state index contributed by atoms with van der Waals surface area (Å²) in [6, 6.07) is 8.19. The lowest BCUT2D eigenvalue weighted by Crippen LogP contribution is -2.25. The second-order valence-electron chi connectivity index (χ2n) is 9.60. The first-order chi connectivity index (χ1) is 17.5. The molecule has 0 radical (unpaired) electrons. The minimum atomic E-state index is -0.463. The highest BCUT2D eigenvalue weighted by molar-refractivity contribution is 5.75. The van der Waals surface area contributed by atoms with E-state index in [1.54, 1.807) is 0 Å². The SMILES string of the molecule is Cc1ccccc1CCNC(=O)CCCCNc1ncc([N+](=O)[O-])c(NCC2CCC(CN)CC2)n1. The Kier molecular flexibility index (Phi) is 10.9. The monoisotopic (exact) mass is 497 g/mol. The molecule has 1 heterocycles. The number of anilines is 2. The predicted octanol–water partition coefficient (Wildman–Crippen LogP) is 3.81. The molecule has 196 valence electrons. The van der Waals surface area contributed by atoms with E-state index in [1.165, 1.54) is 17.3 Å². The molecule has 2 aromatic rings. The van der Waals surface area contributed by atoms with Crippen LogP contribution in [0.3, 0.4) is 0 Å². The van der Waals surface area contributed by atoms with Crippen molar-refractivity contribution in [3.63, 3.8) is 0 Å². The number of nitrogens with zero attached hydrogens (tertiary/aromatic N) is 3. The first-order valence-corrected chi connectivity index (χ1v) is 13.0. The number of nitro groups is 1. The van der Waals surface area contributed by atoms with Gasteiger partial charge in [0, 0.05) is 26.1 Å². The van der Waals surface area contributed by atoms with E-state index in [1.807, 2.05) is 12.1 Å². The second-order valence-corrected chi connectivity index (χ2v) is 9.60. The minimum absolute atomic E-state index is 0.0437. The third kappa shape index (κ3) is 8.75. The maximum Gasteiger partial charge on any atom is 0.329 e. The van der Waals surface area contributed by atoms with Gasteiger partial charge in [-0.05, 0) is 81.4 Å². The summed E-state index contributed by atoms with van der Waals surface area (Å²) in [5, 5.41) is 20.7. The molecule has 36 heavy (non-hydrogen) atoms. The maximum absolute atomic E-state index is 12.1. The van der Waals surface area contributed by atoms with Gasteiger partial charge in [0.05, 0.1) is 4.92 Å². The van der Waals surface area contributed by atoms with Crippen LogP contribution in [0.15, 0.2) is 30.5 Å². The van der Waals surface area contributed by atoms with E-state index in [4.69, 9.17) is 5.73 Å². The van der Waals surface area contributed by atoms with E-state index >= 15 is 0 Å². The van der Waals surface area contributed by atoms with Gasteiger partial charge in [0.1, 0.15) is 6.20 Å². The van der Waals surface area contributed by atoms with E-state index in [0.29, 0.717) is 43.8 Å². The summed E-state index contributed by atoms with van der Waals surface area (Å²) in [6.45, 7) is 4.66. The number of aromatic nitrogens is 2. The maximum atomic E-state index is 12.1. The summed E-state index contributed by atoms with van der Waals surface area (Å²) in [6.07, 6.45) is 8.35. The van der Waals surface area contributed by atoms with Crippen molar-refractivity contribution in [3.8, 4) is 0 Å². The van der Waals surface area contributed by atoms with Crippen LogP contribution in [0.1, 0.15) is 56.1 Å².